The normalized spacial score (nSPS) is 23.6. The van der Waals surface area contributed by atoms with Gasteiger partial charge in [-0.05, 0) is 25.7 Å². The Morgan fingerprint density at radius 1 is 1.24 bits per heavy atom. The molecule has 0 saturated heterocycles. The van der Waals surface area contributed by atoms with Gasteiger partial charge in [0, 0.05) is 12.5 Å². The molecule has 0 aromatic carbocycles. The summed E-state index contributed by atoms with van der Waals surface area (Å²) in [5.74, 6) is -0.915. The molecule has 1 fully saturated rings. The Hall–Kier alpha value is -1.06. The van der Waals surface area contributed by atoms with Crippen molar-refractivity contribution in [1.29, 1.82) is 0 Å². The molecule has 0 heterocycles. The highest BCUT2D eigenvalue weighted by molar-refractivity contribution is 5.76. The van der Waals surface area contributed by atoms with Crippen LogP contribution in [0.5, 0.6) is 0 Å². The van der Waals surface area contributed by atoms with Crippen LogP contribution in [0.15, 0.2) is 0 Å². The highest BCUT2D eigenvalue weighted by atomic mass is 16.4. The van der Waals surface area contributed by atoms with Crippen LogP contribution < -0.4 is 5.32 Å². The summed E-state index contributed by atoms with van der Waals surface area (Å²) in [5, 5.41) is 11.8. The number of rotatable bonds is 7. The van der Waals surface area contributed by atoms with E-state index >= 15 is 0 Å². The Bertz CT molecular complexity index is 265. The van der Waals surface area contributed by atoms with Crippen LogP contribution in [-0.4, -0.2) is 23.0 Å². The monoisotopic (exact) mass is 241 g/mol. The van der Waals surface area contributed by atoms with Gasteiger partial charge in [-0.2, -0.15) is 0 Å². The maximum atomic E-state index is 11.6. The third-order valence-electron chi connectivity index (χ3n) is 3.40. The van der Waals surface area contributed by atoms with Crippen molar-refractivity contribution in [3.63, 3.8) is 0 Å². The highest BCUT2D eigenvalue weighted by Gasteiger charge is 2.30. The van der Waals surface area contributed by atoms with Gasteiger partial charge in [0.25, 0.3) is 0 Å². The number of carbonyl (C=O) groups excluding carboxylic acids is 1. The topological polar surface area (TPSA) is 66.4 Å². The van der Waals surface area contributed by atoms with Crippen molar-refractivity contribution < 1.29 is 14.7 Å². The summed E-state index contributed by atoms with van der Waals surface area (Å²) < 4.78 is 0. The zero-order valence-corrected chi connectivity index (χ0v) is 10.6. The fraction of sp³-hybridized carbons (Fsp3) is 0.846. The third-order valence-corrected chi connectivity index (χ3v) is 3.40. The minimum absolute atomic E-state index is 0.0785. The van der Waals surface area contributed by atoms with E-state index in [1.165, 1.54) is 12.8 Å². The molecule has 1 amide bonds. The first kappa shape index (κ1) is 14.0. The third kappa shape index (κ3) is 5.20. The van der Waals surface area contributed by atoms with Crippen molar-refractivity contribution in [3.8, 4) is 0 Å². The number of carbonyl (C=O) groups is 2. The number of carboxylic acid groups (broad SMARTS) is 1. The fourth-order valence-corrected chi connectivity index (χ4v) is 2.35. The van der Waals surface area contributed by atoms with Gasteiger partial charge in [0.2, 0.25) is 5.91 Å². The zero-order valence-electron chi connectivity index (χ0n) is 10.6. The van der Waals surface area contributed by atoms with Crippen molar-refractivity contribution in [2.45, 2.75) is 64.3 Å². The predicted octanol–water partition coefficient (Wildman–Crippen LogP) is 2.33. The molecule has 2 atom stereocenters. The summed E-state index contributed by atoms with van der Waals surface area (Å²) in [7, 11) is 0. The average molecular weight is 241 g/mol. The lowest BCUT2D eigenvalue weighted by atomic mass is 10.1. The van der Waals surface area contributed by atoms with E-state index in [4.69, 9.17) is 5.11 Å². The summed E-state index contributed by atoms with van der Waals surface area (Å²) in [5.41, 5.74) is 0. The largest absolute Gasteiger partial charge is 0.481 e. The Balaban J connectivity index is 2.13. The van der Waals surface area contributed by atoms with Crippen LogP contribution in [0.1, 0.15) is 58.3 Å². The van der Waals surface area contributed by atoms with Gasteiger partial charge < -0.3 is 10.4 Å². The summed E-state index contributed by atoms with van der Waals surface area (Å²) in [6.45, 7) is 2.14. The molecule has 1 aliphatic carbocycles. The second-order valence-corrected chi connectivity index (χ2v) is 4.92. The van der Waals surface area contributed by atoms with Crippen LogP contribution in [0.25, 0.3) is 0 Å². The van der Waals surface area contributed by atoms with Gasteiger partial charge in [0.15, 0.2) is 0 Å². The lowest BCUT2D eigenvalue weighted by Crippen LogP contribution is -2.33. The Morgan fingerprint density at radius 3 is 2.59 bits per heavy atom. The van der Waals surface area contributed by atoms with Gasteiger partial charge >= 0.3 is 5.97 Å². The molecule has 4 nitrogen and oxygen atoms in total. The van der Waals surface area contributed by atoms with Crippen molar-refractivity contribution in [2.24, 2.45) is 5.92 Å². The van der Waals surface area contributed by atoms with E-state index in [1.54, 1.807) is 0 Å². The lowest BCUT2D eigenvalue weighted by molar-refractivity contribution is -0.141. The molecule has 0 aromatic heterocycles. The van der Waals surface area contributed by atoms with E-state index in [0.717, 1.165) is 19.3 Å². The molecule has 1 aliphatic rings. The van der Waals surface area contributed by atoms with E-state index < -0.39 is 5.97 Å². The van der Waals surface area contributed by atoms with Crippen LogP contribution >= 0.6 is 0 Å². The number of aliphatic carboxylic acids is 1. The van der Waals surface area contributed by atoms with Crippen molar-refractivity contribution in [2.75, 3.05) is 0 Å². The van der Waals surface area contributed by atoms with E-state index in [9.17, 15) is 9.59 Å². The van der Waals surface area contributed by atoms with Crippen LogP contribution in [0, 0.1) is 5.92 Å². The molecule has 1 rings (SSSR count). The first-order valence-electron chi connectivity index (χ1n) is 6.65. The minimum Gasteiger partial charge on any atom is -0.481 e. The van der Waals surface area contributed by atoms with Gasteiger partial charge in [-0.25, -0.2) is 0 Å². The van der Waals surface area contributed by atoms with Crippen molar-refractivity contribution in [3.05, 3.63) is 0 Å². The van der Waals surface area contributed by atoms with E-state index in [2.05, 4.69) is 12.2 Å². The fourth-order valence-electron chi connectivity index (χ4n) is 2.35. The lowest BCUT2D eigenvalue weighted by Gasteiger charge is -2.12. The number of unbranched alkanes of at least 4 members (excludes halogenated alkanes) is 3. The molecule has 98 valence electrons. The molecular formula is C13H23NO3. The van der Waals surface area contributed by atoms with Crippen molar-refractivity contribution >= 4 is 11.9 Å². The standard InChI is InChI=1S/C13H23NO3/c1-2-3-4-5-6-12(15)14-11-8-7-10(9-11)13(16)17/h10-11H,2-9H2,1H3,(H,14,15)(H,16,17)/t10-,11+/m1/s1. The van der Waals surface area contributed by atoms with E-state index in [-0.39, 0.29) is 17.9 Å². The number of amides is 1. The minimum atomic E-state index is -0.732. The highest BCUT2D eigenvalue weighted by Crippen LogP contribution is 2.25. The molecule has 4 heteroatoms. The Kier molecular flexibility index (Phi) is 6.01. The van der Waals surface area contributed by atoms with Gasteiger partial charge in [-0.15, -0.1) is 0 Å². The molecular weight excluding hydrogens is 218 g/mol. The number of carboxylic acids is 1. The molecule has 0 radical (unpaired) electrons. The number of hydrogen-bond acceptors (Lipinski definition) is 2. The van der Waals surface area contributed by atoms with Gasteiger partial charge in [-0.1, -0.05) is 26.2 Å². The summed E-state index contributed by atoms with van der Waals surface area (Å²) in [6.07, 6.45) is 7.06. The SMILES string of the molecule is CCCCCCC(=O)N[C@H]1CC[C@@H](C(=O)O)C1. The van der Waals surface area contributed by atoms with Crippen LogP contribution in [0.2, 0.25) is 0 Å². The first-order chi connectivity index (χ1) is 8.13. The van der Waals surface area contributed by atoms with Crippen molar-refractivity contribution in [1.82, 2.24) is 5.32 Å². The second kappa shape index (κ2) is 7.30. The second-order valence-electron chi connectivity index (χ2n) is 4.92. The maximum absolute atomic E-state index is 11.6. The quantitative estimate of drug-likeness (QED) is 0.672. The summed E-state index contributed by atoms with van der Waals surface area (Å²) in [4.78, 5) is 22.3. The van der Waals surface area contributed by atoms with Crippen LogP contribution in [-0.2, 0) is 9.59 Å². The van der Waals surface area contributed by atoms with E-state index in [1.807, 2.05) is 0 Å². The van der Waals surface area contributed by atoms with Gasteiger partial charge in [0.05, 0.1) is 5.92 Å². The molecule has 0 aromatic rings. The molecule has 0 unspecified atom stereocenters. The number of nitrogens with one attached hydrogen (secondary N) is 1. The Morgan fingerprint density at radius 2 is 2.00 bits per heavy atom. The molecule has 0 aliphatic heterocycles. The first-order valence-corrected chi connectivity index (χ1v) is 6.65. The smallest absolute Gasteiger partial charge is 0.306 e. The average Bonchev–Trinajstić information content (AvgIpc) is 2.73. The molecule has 2 N–H and O–H groups in total. The van der Waals surface area contributed by atoms with E-state index in [0.29, 0.717) is 19.3 Å². The molecule has 1 saturated carbocycles. The summed E-state index contributed by atoms with van der Waals surface area (Å²) >= 11 is 0. The number of hydrogen-bond donors (Lipinski definition) is 2. The zero-order chi connectivity index (χ0) is 12.7. The van der Waals surface area contributed by atoms with Crippen LogP contribution in [0.3, 0.4) is 0 Å². The summed E-state index contributed by atoms with van der Waals surface area (Å²) in [6, 6.07) is 0.0785. The molecule has 17 heavy (non-hydrogen) atoms. The molecule has 0 bridgehead atoms. The predicted molar refractivity (Wildman–Crippen MR) is 65.7 cm³/mol. The van der Waals surface area contributed by atoms with Gasteiger partial charge in [0.1, 0.15) is 0 Å². The molecule has 0 spiro atoms. The van der Waals surface area contributed by atoms with Crippen LogP contribution in [0.4, 0.5) is 0 Å². The van der Waals surface area contributed by atoms with Gasteiger partial charge in [-0.3, -0.25) is 9.59 Å². The Labute approximate surface area is 103 Å². The maximum Gasteiger partial charge on any atom is 0.306 e.